The molecule has 32 heavy (non-hydrogen) atoms. The second-order valence-electron chi connectivity index (χ2n) is 8.32. The molecule has 2 aromatic carbocycles. The van der Waals surface area contributed by atoms with Crippen LogP contribution < -0.4 is 0 Å². The summed E-state index contributed by atoms with van der Waals surface area (Å²) >= 11 is 0. The number of carbonyl (C=O) groups excluding carboxylic acids is 1. The molecular weight excluding hydrogens is 404 g/mol. The van der Waals surface area contributed by atoms with Crippen LogP contribution in [0, 0.1) is 10.1 Å². The van der Waals surface area contributed by atoms with E-state index in [1.807, 2.05) is 29.3 Å². The first-order chi connectivity index (χ1) is 15.5. The second-order valence-corrected chi connectivity index (χ2v) is 8.32. The van der Waals surface area contributed by atoms with Gasteiger partial charge in [0.2, 0.25) is 5.91 Å². The molecule has 1 aliphatic rings. The van der Waals surface area contributed by atoms with Crippen LogP contribution in [-0.2, 0) is 11.2 Å². The molecule has 4 rings (SSSR count). The highest BCUT2D eigenvalue weighted by molar-refractivity contribution is 5.88. The number of fused-ring (bicyclic) bond motifs is 1. The Morgan fingerprint density at radius 1 is 1.06 bits per heavy atom. The largest absolute Gasteiger partial charge is 0.361 e. The van der Waals surface area contributed by atoms with Crippen molar-refractivity contribution in [2.24, 2.45) is 0 Å². The van der Waals surface area contributed by atoms with Crippen molar-refractivity contribution >= 4 is 22.5 Å². The first-order valence-electron chi connectivity index (χ1n) is 11.4. The topological polar surface area (TPSA) is 82.5 Å². The maximum Gasteiger partial charge on any atom is 0.273 e. The Bertz CT molecular complexity index is 1120. The van der Waals surface area contributed by atoms with E-state index in [4.69, 9.17) is 0 Å². The van der Waals surface area contributed by atoms with Crippen LogP contribution in [0.1, 0.15) is 42.9 Å². The maximum absolute atomic E-state index is 13.3. The fourth-order valence-electron chi connectivity index (χ4n) is 4.77. The summed E-state index contributed by atoms with van der Waals surface area (Å²) in [5.74, 6) is -0.348. The van der Waals surface area contributed by atoms with Crippen molar-refractivity contribution in [3.05, 3.63) is 75.5 Å². The zero-order valence-corrected chi connectivity index (χ0v) is 18.7. The number of nitrogens with zero attached hydrogens (tertiary/aromatic N) is 3. The molecule has 0 aliphatic carbocycles. The quantitative estimate of drug-likeness (QED) is 0.443. The van der Waals surface area contributed by atoms with Crippen LogP contribution in [0.5, 0.6) is 0 Å². The van der Waals surface area contributed by atoms with Gasteiger partial charge in [0.25, 0.3) is 5.69 Å². The average Bonchev–Trinajstić information content (AvgIpc) is 3.26. The lowest BCUT2D eigenvalue weighted by molar-refractivity contribution is -0.385. The highest BCUT2D eigenvalue weighted by atomic mass is 16.6. The second kappa shape index (κ2) is 9.53. The van der Waals surface area contributed by atoms with E-state index in [-0.39, 0.29) is 22.9 Å². The van der Waals surface area contributed by atoms with Gasteiger partial charge in [0.05, 0.1) is 4.92 Å². The van der Waals surface area contributed by atoms with E-state index >= 15 is 0 Å². The number of rotatable bonds is 7. The van der Waals surface area contributed by atoms with Gasteiger partial charge in [0.15, 0.2) is 0 Å². The number of aromatic amines is 1. The molecule has 1 aliphatic heterocycles. The van der Waals surface area contributed by atoms with Gasteiger partial charge >= 0.3 is 0 Å². The summed E-state index contributed by atoms with van der Waals surface area (Å²) in [4.78, 5) is 32.4. The molecule has 0 spiro atoms. The Morgan fingerprint density at radius 2 is 1.81 bits per heavy atom. The van der Waals surface area contributed by atoms with E-state index in [2.05, 4.69) is 29.8 Å². The predicted molar refractivity (Wildman–Crippen MR) is 126 cm³/mol. The van der Waals surface area contributed by atoms with Gasteiger partial charge in [-0.3, -0.25) is 14.9 Å². The highest BCUT2D eigenvalue weighted by Gasteiger charge is 2.30. The number of nitro groups is 1. The monoisotopic (exact) mass is 434 g/mol. The van der Waals surface area contributed by atoms with E-state index in [1.54, 1.807) is 12.1 Å². The average molecular weight is 435 g/mol. The number of benzene rings is 2. The van der Waals surface area contributed by atoms with Gasteiger partial charge in [-0.15, -0.1) is 0 Å². The first kappa shape index (κ1) is 22.0. The van der Waals surface area contributed by atoms with Crippen LogP contribution in [0.25, 0.3) is 10.9 Å². The highest BCUT2D eigenvalue weighted by Crippen LogP contribution is 2.38. The van der Waals surface area contributed by atoms with Crippen molar-refractivity contribution in [2.75, 3.05) is 32.7 Å². The molecule has 0 unspecified atom stereocenters. The first-order valence-corrected chi connectivity index (χ1v) is 11.4. The fourth-order valence-corrected chi connectivity index (χ4v) is 4.77. The minimum Gasteiger partial charge on any atom is -0.361 e. The molecule has 0 saturated carbocycles. The van der Waals surface area contributed by atoms with Crippen LogP contribution in [0.15, 0.2) is 48.7 Å². The molecule has 168 valence electrons. The molecule has 1 atom stereocenters. The lowest BCUT2D eigenvalue weighted by Gasteiger charge is -2.34. The van der Waals surface area contributed by atoms with Crippen LogP contribution in [0.4, 0.5) is 5.69 Å². The molecular formula is C25H30N4O3. The molecule has 2 heterocycles. The smallest absolute Gasteiger partial charge is 0.273 e. The number of nitrogens with one attached hydrogen (secondary N) is 1. The lowest BCUT2D eigenvalue weighted by Crippen LogP contribution is -2.48. The third-order valence-electron chi connectivity index (χ3n) is 6.65. The standard InChI is InChI=1S/C25H30N4O3/c1-3-18-8-7-10-20-22(17-26-25(18)20)21(19-9-5-6-11-23(19)29(31)32)16-24(30)28-14-12-27(4-2)13-15-28/h5-11,17,21,26H,3-4,12-16H2,1-2H3/t21-/m0/s1. The molecule has 7 nitrogen and oxygen atoms in total. The van der Waals surface area contributed by atoms with Crippen LogP contribution in [0.2, 0.25) is 0 Å². The predicted octanol–water partition coefficient (Wildman–Crippen LogP) is 4.32. The Balaban J connectivity index is 1.74. The minimum absolute atomic E-state index is 0.0462. The Hall–Kier alpha value is -3.19. The molecule has 1 fully saturated rings. The molecule has 0 bridgehead atoms. The number of likely N-dealkylation sites (N-methyl/N-ethyl adjacent to an activating group) is 1. The normalized spacial score (nSPS) is 15.8. The van der Waals surface area contributed by atoms with E-state index in [9.17, 15) is 14.9 Å². The summed E-state index contributed by atoms with van der Waals surface area (Å²) in [7, 11) is 0. The number of hydrogen-bond acceptors (Lipinski definition) is 4. The maximum atomic E-state index is 13.3. The summed E-state index contributed by atoms with van der Waals surface area (Å²) in [6.07, 6.45) is 3.02. The number of nitro benzene ring substituents is 1. The molecule has 1 amide bonds. The molecule has 1 saturated heterocycles. The number of para-hydroxylation sites is 2. The van der Waals surface area contributed by atoms with Gasteiger partial charge in [0.1, 0.15) is 0 Å². The lowest BCUT2D eigenvalue weighted by atomic mass is 9.86. The van der Waals surface area contributed by atoms with Crippen molar-refractivity contribution in [1.82, 2.24) is 14.8 Å². The summed E-state index contributed by atoms with van der Waals surface area (Å²) in [6.45, 7) is 8.35. The van der Waals surface area contributed by atoms with Gasteiger partial charge in [-0.1, -0.05) is 50.2 Å². The van der Waals surface area contributed by atoms with Gasteiger partial charge in [-0.05, 0) is 24.1 Å². The summed E-state index contributed by atoms with van der Waals surface area (Å²) < 4.78 is 0. The molecule has 3 aromatic rings. The molecule has 1 N–H and O–H groups in total. The number of hydrogen-bond donors (Lipinski definition) is 1. The summed E-state index contributed by atoms with van der Waals surface area (Å²) in [5.41, 5.74) is 3.81. The van der Waals surface area contributed by atoms with Gasteiger partial charge in [-0.2, -0.15) is 0 Å². The summed E-state index contributed by atoms with van der Waals surface area (Å²) in [5, 5.41) is 12.8. The van der Waals surface area contributed by atoms with Crippen molar-refractivity contribution in [2.45, 2.75) is 32.6 Å². The zero-order valence-electron chi connectivity index (χ0n) is 18.7. The van der Waals surface area contributed by atoms with Gasteiger partial charge in [0, 0.05) is 67.2 Å². The Labute approximate surface area is 188 Å². The molecule has 1 aromatic heterocycles. The number of piperazine rings is 1. The number of aryl methyl sites for hydroxylation is 1. The van der Waals surface area contributed by atoms with E-state index in [0.717, 1.165) is 42.5 Å². The molecule has 7 heteroatoms. The van der Waals surface area contributed by atoms with E-state index < -0.39 is 5.92 Å². The SMILES string of the molecule is CCc1cccc2c([C@@H](CC(=O)N3CCN(CC)CC3)c3ccccc3[N+](=O)[O-])c[nH]c12. The number of carbonyl (C=O) groups is 1. The van der Waals surface area contributed by atoms with Crippen LogP contribution in [0.3, 0.4) is 0 Å². The number of aromatic nitrogens is 1. The van der Waals surface area contributed by atoms with E-state index in [0.29, 0.717) is 18.7 Å². The Morgan fingerprint density at radius 3 is 2.50 bits per heavy atom. The van der Waals surface area contributed by atoms with Crippen LogP contribution >= 0.6 is 0 Å². The van der Waals surface area contributed by atoms with Gasteiger partial charge < -0.3 is 14.8 Å². The van der Waals surface area contributed by atoms with Crippen molar-refractivity contribution in [3.8, 4) is 0 Å². The minimum atomic E-state index is -0.394. The number of H-pyrrole nitrogens is 1. The number of amides is 1. The van der Waals surface area contributed by atoms with E-state index in [1.165, 1.54) is 11.6 Å². The van der Waals surface area contributed by atoms with Crippen LogP contribution in [-0.4, -0.2) is 58.3 Å². The fraction of sp³-hybridized carbons (Fsp3) is 0.400. The Kier molecular flexibility index (Phi) is 6.55. The summed E-state index contributed by atoms with van der Waals surface area (Å²) in [6, 6.07) is 12.9. The third-order valence-corrected chi connectivity index (χ3v) is 6.65. The zero-order chi connectivity index (χ0) is 22.7. The van der Waals surface area contributed by atoms with Crippen molar-refractivity contribution in [1.29, 1.82) is 0 Å². The molecule has 0 radical (unpaired) electrons. The van der Waals surface area contributed by atoms with Crippen molar-refractivity contribution < 1.29 is 9.72 Å². The van der Waals surface area contributed by atoms with Crippen molar-refractivity contribution in [3.63, 3.8) is 0 Å². The third kappa shape index (κ3) is 4.25. The van der Waals surface area contributed by atoms with Gasteiger partial charge in [-0.25, -0.2) is 0 Å².